The van der Waals surface area contributed by atoms with Gasteiger partial charge in [0, 0.05) is 41.2 Å². The lowest BCUT2D eigenvalue weighted by Crippen LogP contribution is -2.37. The van der Waals surface area contributed by atoms with Crippen molar-refractivity contribution < 1.29 is 18.8 Å². The highest BCUT2D eigenvalue weighted by molar-refractivity contribution is 7.99. The van der Waals surface area contributed by atoms with E-state index in [-0.39, 0.29) is 24.0 Å². The van der Waals surface area contributed by atoms with Crippen molar-refractivity contribution in [2.45, 2.75) is 13.3 Å². The summed E-state index contributed by atoms with van der Waals surface area (Å²) in [7, 11) is 0. The Morgan fingerprint density at radius 2 is 1.97 bits per heavy atom. The van der Waals surface area contributed by atoms with Crippen molar-refractivity contribution in [2.75, 3.05) is 35.2 Å². The highest BCUT2D eigenvalue weighted by Gasteiger charge is 2.19. The Hall–Kier alpha value is -3.11. The second-order valence-corrected chi connectivity index (χ2v) is 9.32. The number of thioether (sulfide) groups is 1. The predicted octanol–water partition coefficient (Wildman–Crippen LogP) is 3.67. The van der Waals surface area contributed by atoms with E-state index in [9.17, 15) is 14.4 Å². The third-order valence-corrected chi connectivity index (χ3v) is 6.65. The fourth-order valence-electron chi connectivity index (χ4n) is 3.26. The van der Waals surface area contributed by atoms with Gasteiger partial charge in [-0.25, -0.2) is 4.98 Å². The van der Waals surface area contributed by atoms with Gasteiger partial charge in [0.15, 0.2) is 10.9 Å². The molecule has 0 spiro atoms. The summed E-state index contributed by atoms with van der Waals surface area (Å²) >= 11 is 3.09. The quantitative estimate of drug-likeness (QED) is 0.570. The molecule has 0 atom stereocenters. The van der Waals surface area contributed by atoms with Gasteiger partial charge in [-0.1, -0.05) is 0 Å². The molecule has 8 nitrogen and oxygen atoms in total. The Kier molecular flexibility index (Phi) is 6.91. The molecule has 3 amide bonds. The number of nitrogens with zero attached hydrogens (tertiary/aromatic N) is 2. The summed E-state index contributed by atoms with van der Waals surface area (Å²) in [6, 6.07) is 8.51. The third kappa shape index (κ3) is 5.38. The van der Waals surface area contributed by atoms with E-state index in [1.54, 1.807) is 29.6 Å². The topological polar surface area (TPSA) is 105 Å². The van der Waals surface area contributed by atoms with Gasteiger partial charge in [0.25, 0.3) is 11.8 Å². The molecule has 0 unspecified atom stereocenters. The molecule has 4 rings (SSSR count). The summed E-state index contributed by atoms with van der Waals surface area (Å²) in [4.78, 5) is 43.3. The average molecular weight is 471 g/mol. The van der Waals surface area contributed by atoms with Crippen LogP contribution in [0.1, 0.15) is 32.2 Å². The number of aromatic nitrogens is 1. The zero-order valence-corrected chi connectivity index (χ0v) is 19.1. The second-order valence-electron chi connectivity index (χ2n) is 7.23. The van der Waals surface area contributed by atoms with Crippen LogP contribution >= 0.6 is 23.1 Å². The summed E-state index contributed by atoms with van der Waals surface area (Å²) in [5.41, 5.74) is 2.65. The van der Waals surface area contributed by atoms with Gasteiger partial charge in [-0.15, -0.1) is 11.3 Å². The van der Waals surface area contributed by atoms with Gasteiger partial charge < -0.3 is 14.6 Å². The number of anilines is 2. The maximum absolute atomic E-state index is 12.7. The van der Waals surface area contributed by atoms with Crippen LogP contribution in [-0.2, 0) is 11.2 Å². The number of carbonyl (C=O) groups excluding carboxylic acids is 3. The van der Waals surface area contributed by atoms with Crippen molar-refractivity contribution in [1.29, 1.82) is 0 Å². The zero-order valence-electron chi connectivity index (χ0n) is 17.4. The van der Waals surface area contributed by atoms with Crippen LogP contribution in [-0.4, -0.2) is 52.2 Å². The standard InChI is InChI=1S/C22H22N4O4S2/c1-14-11-15(21(29)26-6-9-31-10-7-26)4-5-17(14)24-19(27)12-16-13-32-22(23-16)25-20(28)18-3-2-8-30-18/h2-5,8,11,13H,6-7,9-10,12H2,1H3,(H,24,27)(H,23,25,28). The van der Waals surface area contributed by atoms with Gasteiger partial charge in [0.2, 0.25) is 5.91 Å². The molecule has 0 saturated carbocycles. The molecule has 2 aromatic heterocycles. The number of nitrogens with one attached hydrogen (secondary N) is 2. The lowest BCUT2D eigenvalue weighted by Gasteiger charge is -2.26. The number of furan rings is 1. The fraction of sp³-hybridized carbons (Fsp3) is 0.273. The van der Waals surface area contributed by atoms with Crippen molar-refractivity contribution in [3.8, 4) is 0 Å². The molecule has 1 fully saturated rings. The Morgan fingerprint density at radius 3 is 2.69 bits per heavy atom. The average Bonchev–Trinajstić information content (AvgIpc) is 3.48. The number of thiazole rings is 1. The summed E-state index contributed by atoms with van der Waals surface area (Å²) in [5, 5.41) is 7.64. The van der Waals surface area contributed by atoms with Crippen molar-refractivity contribution >= 4 is 51.6 Å². The van der Waals surface area contributed by atoms with E-state index in [4.69, 9.17) is 4.42 Å². The van der Waals surface area contributed by atoms with Gasteiger partial charge >= 0.3 is 0 Å². The first-order valence-corrected chi connectivity index (χ1v) is 12.1. The van der Waals surface area contributed by atoms with Crippen LogP contribution in [0.25, 0.3) is 0 Å². The van der Waals surface area contributed by atoms with Crippen LogP contribution < -0.4 is 10.6 Å². The monoisotopic (exact) mass is 470 g/mol. The highest BCUT2D eigenvalue weighted by Crippen LogP contribution is 2.21. The van der Waals surface area contributed by atoms with E-state index in [1.165, 1.54) is 17.6 Å². The van der Waals surface area contributed by atoms with Crippen molar-refractivity contribution in [1.82, 2.24) is 9.88 Å². The lowest BCUT2D eigenvalue weighted by atomic mass is 10.1. The summed E-state index contributed by atoms with van der Waals surface area (Å²) < 4.78 is 5.05. The van der Waals surface area contributed by atoms with Crippen molar-refractivity contribution in [2.24, 2.45) is 0 Å². The molecule has 0 aliphatic carbocycles. The SMILES string of the molecule is Cc1cc(C(=O)N2CCSCC2)ccc1NC(=O)Cc1csc(NC(=O)c2ccco2)n1. The first-order valence-electron chi connectivity index (χ1n) is 10.1. The third-order valence-electron chi connectivity index (χ3n) is 4.90. The van der Waals surface area contributed by atoms with Gasteiger partial charge in [-0.05, 0) is 42.8 Å². The summed E-state index contributed by atoms with van der Waals surface area (Å²) in [6.45, 7) is 3.39. The van der Waals surface area contributed by atoms with Crippen LogP contribution in [0.15, 0.2) is 46.4 Å². The highest BCUT2D eigenvalue weighted by atomic mass is 32.2. The number of rotatable bonds is 6. The van der Waals surface area contributed by atoms with Crippen LogP contribution in [0.3, 0.4) is 0 Å². The predicted molar refractivity (Wildman–Crippen MR) is 126 cm³/mol. The minimum Gasteiger partial charge on any atom is -0.459 e. The Bertz CT molecular complexity index is 1120. The molecule has 2 N–H and O–H groups in total. The largest absolute Gasteiger partial charge is 0.459 e. The molecular weight excluding hydrogens is 448 g/mol. The van der Waals surface area contributed by atoms with Gasteiger partial charge in [-0.3, -0.25) is 19.7 Å². The molecular formula is C22H22N4O4S2. The number of amides is 3. The van der Waals surface area contributed by atoms with E-state index < -0.39 is 5.91 Å². The minimum absolute atomic E-state index is 0.0258. The first-order chi connectivity index (χ1) is 15.5. The van der Waals surface area contributed by atoms with Crippen molar-refractivity contribution in [3.05, 3.63) is 64.6 Å². The minimum atomic E-state index is -0.395. The molecule has 32 heavy (non-hydrogen) atoms. The zero-order chi connectivity index (χ0) is 22.5. The molecule has 1 aliphatic rings. The van der Waals surface area contributed by atoms with E-state index in [2.05, 4.69) is 15.6 Å². The van der Waals surface area contributed by atoms with Crippen LogP contribution in [0, 0.1) is 6.92 Å². The van der Waals surface area contributed by atoms with Crippen LogP contribution in [0.4, 0.5) is 10.8 Å². The molecule has 0 bridgehead atoms. The van der Waals surface area contributed by atoms with Crippen LogP contribution in [0.2, 0.25) is 0 Å². The number of benzene rings is 1. The summed E-state index contributed by atoms with van der Waals surface area (Å²) in [5.74, 6) is 1.52. The maximum atomic E-state index is 12.7. The lowest BCUT2D eigenvalue weighted by molar-refractivity contribution is -0.115. The Morgan fingerprint density at radius 1 is 1.16 bits per heavy atom. The van der Waals surface area contributed by atoms with E-state index in [0.29, 0.717) is 22.1 Å². The van der Waals surface area contributed by atoms with E-state index in [1.807, 2.05) is 29.7 Å². The first kappa shape index (κ1) is 22.1. The number of hydrogen-bond donors (Lipinski definition) is 2. The molecule has 10 heteroatoms. The van der Waals surface area contributed by atoms with Crippen molar-refractivity contribution in [3.63, 3.8) is 0 Å². The van der Waals surface area contributed by atoms with Gasteiger partial charge in [0.1, 0.15) is 0 Å². The number of hydrogen-bond acceptors (Lipinski definition) is 7. The molecule has 1 saturated heterocycles. The normalized spacial score (nSPS) is 13.6. The maximum Gasteiger partial charge on any atom is 0.293 e. The van der Waals surface area contributed by atoms with Crippen LogP contribution in [0.5, 0.6) is 0 Å². The number of carbonyl (C=O) groups is 3. The molecule has 166 valence electrons. The molecule has 3 aromatic rings. The molecule has 1 aromatic carbocycles. The second kappa shape index (κ2) is 10.0. The summed E-state index contributed by atoms with van der Waals surface area (Å²) in [6.07, 6.45) is 1.49. The van der Waals surface area contributed by atoms with E-state index >= 15 is 0 Å². The number of aryl methyl sites for hydroxylation is 1. The molecule has 3 heterocycles. The van der Waals surface area contributed by atoms with Gasteiger partial charge in [0.05, 0.1) is 18.4 Å². The molecule has 0 radical (unpaired) electrons. The smallest absolute Gasteiger partial charge is 0.293 e. The van der Waals surface area contributed by atoms with E-state index in [0.717, 1.165) is 30.2 Å². The van der Waals surface area contributed by atoms with Gasteiger partial charge in [-0.2, -0.15) is 11.8 Å². The Labute approximate surface area is 193 Å². The fourth-order valence-corrected chi connectivity index (χ4v) is 4.87. The molecule has 1 aliphatic heterocycles. The Balaban J connectivity index is 1.33.